The molecule has 0 amide bonds. The normalized spacial score (nSPS) is 21.6. The fourth-order valence-electron chi connectivity index (χ4n) is 4.19. The van der Waals surface area contributed by atoms with Crippen LogP contribution in [0, 0.1) is 0 Å². The zero-order chi connectivity index (χ0) is 21.2. The van der Waals surface area contributed by atoms with Crippen molar-refractivity contribution in [1.29, 1.82) is 0 Å². The summed E-state index contributed by atoms with van der Waals surface area (Å²) in [6, 6.07) is 6.87. The number of nitrogens with zero attached hydrogens (tertiary/aromatic N) is 2. The van der Waals surface area contributed by atoms with Crippen molar-refractivity contribution in [1.82, 2.24) is 9.47 Å². The minimum absolute atomic E-state index is 0.0194. The molecule has 166 valence electrons. The standard InChI is InChI=1S/C21H27F3N2O4/c22-21(23,24)13-26-9-6-17-18(26)2-1-3-19(17)30-16-4-7-25(8-5-16)12-20(27)14-28-10-11-29-15-20/h1-3,6,9,16,27H,4-5,7-8,10-15H2. The zero-order valence-electron chi connectivity index (χ0n) is 16.7. The SMILES string of the molecule is OC1(CN2CCC(Oc3cccc4c3ccn4CC(F)(F)F)CC2)COCCOC1. The van der Waals surface area contributed by atoms with Gasteiger partial charge in [-0.3, -0.25) is 0 Å². The van der Waals surface area contributed by atoms with Gasteiger partial charge in [0.1, 0.15) is 24.0 Å². The van der Waals surface area contributed by atoms with Crippen LogP contribution in [0.15, 0.2) is 30.5 Å². The fraction of sp³-hybridized carbons (Fsp3) is 0.619. The first kappa shape index (κ1) is 21.4. The van der Waals surface area contributed by atoms with E-state index in [2.05, 4.69) is 4.90 Å². The molecule has 4 rings (SSSR count). The van der Waals surface area contributed by atoms with Gasteiger partial charge in [0.25, 0.3) is 0 Å². The number of hydrogen-bond donors (Lipinski definition) is 1. The van der Waals surface area contributed by atoms with Crippen molar-refractivity contribution < 1.29 is 32.5 Å². The van der Waals surface area contributed by atoms with Crippen LogP contribution in [0.5, 0.6) is 5.75 Å². The number of benzene rings is 1. The summed E-state index contributed by atoms with van der Waals surface area (Å²) in [7, 11) is 0. The molecular weight excluding hydrogens is 401 g/mol. The van der Waals surface area contributed by atoms with E-state index in [1.54, 1.807) is 24.3 Å². The average molecular weight is 428 g/mol. The Morgan fingerprint density at radius 2 is 1.80 bits per heavy atom. The predicted molar refractivity (Wildman–Crippen MR) is 105 cm³/mol. The summed E-state index contributed by atoms with van der Waals surface area (Å²) < 4.78 is 56.6. The second-order valence-corrected chi connectivity index (χ2v) is 8.17. The highest BCUT2D eigenvalue weighted by molar-refractivity contribution is 5.86. The van der Waals surface area contributed by atoms with Crippen LogP contribution in [-0.4, -0.2) is 78.5 Å². The first-order valence-electron chi connectivity index (χ1n) is 10.2. The number of fused-ring (bicyclic) bond motifs is 1. The van der Waals surface area contributed by atoms with E-state index < -0.39 is 18.3 Å². The molecule has 1 aromatic carbocycles. The molecule has 1 aromatic heterocycles. The third-order valence-corrected chi connectivity index (χ3v) is 5.58. The smallest absolute Gasteiger partial charge is 0.406 e. The maximum absolute atomic E-state index is 12.8. The van der Waals surface area contributed by atoms with Crippen LogP contribution in [0.1, 0.15) is 12.8 Å². The van der Waals surface area contributed by atoms with Gasteiger partial charge in [0.2, 0.25) is 0 Å². The fourth-order valence-corrected chi connectivity index (χ4v) is 4.19. The van der Waals surface area contributed by atoms with Gasteiger partial charge >= 0.3 is 6.18 Å². The Bertz CT molecular complexity index is 838. The first-order valence-corrected chi connectivity index (χ1v) is 10.2. The van der Waals surface area contributed by atoms with E-state index in [0.29, 0.717) is 36.4 Å². The molecule has 2 aliphatic heterocycles. The van der Waals surface area contributed by atoms with Gasteiger partial charge in [-0.15, -0.1) is 0 Å². The first-order chi connectivity index (χ1) is 14.3. The van der Waals surface area contributed by atoms with E-state index in [4.69, 9.17) is 14.2 Å². The highest BCUT2D eigenvalue weighted by Crippen LogP contribution is 2.31. The van der Waals surface area contributed by atoms with Gasteiger partial charge in [0.15, 0.2) is 0 Å². The molecule has 0 bridgehead atoms. The molecule has 3 heterocycles. The quantitative estimate of drug-likeness (QED) is 0.794. The van der Waals surface area contributed by atoms with Crippen LogP contribution in [0.25, 0.3) is 10.9 Å². The number of rotatable bonds is 5. The summed E-state index contributed by atoms with van der Waals surface area (Å²) >= 11 is 0. The van der Waals surface area contributed by atoms with E-state index in [1.807, 2.05) is 0 Å². The Labute approximate surface area is 173 Å². The third-order valence-electron chi connectivity index (χ3n) is 5.58. The minimum atomic E-state index is -4.27. The maximum atomic E-state index is 12.8. The summed E-state index contributed by atoms with van der Waals surface area (Å²) in [5.74, 6) is 0.607. The number of aromatic nitrogens is 1. The van der Waals surface area contributed by atoms with Crippen LogP contribution in [0.2, 0.25) is 0 Å². The van der Waals surface area contributed by atoms with Crippen molar-refractivity contribution in [2.24, 2.45) is 0 Å². The molecule has 0 spiro atoms. The molecule has 2 fully saturated rings. The third kappa shape index (κ3) is 5.26. The number of aliphatic hydroxyl groups is 1. The number of alkyl halides is 3. The average Bonchev–Trinajstić information content (AvgIpc) is 2.95. The number of halogens is 3. The molecule has 0 saturated carbocycles. The number of piperidine rings is 1. The molecule has 0 radical (unpaired) electrons. The number of hydrogen-bond acceptors (Lipinski definition) is 5. The second-order valence-electron chi connectivity index (χ2n) is 8.17. The van der Waals surface area contributed by atoms with E-state index in [0.717, 1.165) is 25.9 Å². The number of ether oxygens (including phenoxy) is 3. The Morgan fingerprint density at radius 3 is 2.47 bits per heavy atom. The summed E-state index contributed by atoms with van der Waals surface area (Å²) in [5.41, 5.74) is -0.491. The van der Waals surface area contributed by atoms with E-state index >= 15 is 0 Å². The molecule has 9 heteroatoms. The van der Waals surface area contributed by atoms with Crippen LogP contribution in [0.3, 0.4) is 0 Å². The highest BCUT2D eigenvalue weighted by Gasteiger charge is 2.34. The largest absolute Gasteiger partial charge is 0.490 e. The summed E-state index contributed by atoms with van der Waals surface area (Å²) in [6.07, 6.45) is -1.29. The Morgan fingerprint density at radius 1 is 1.10 bits per heavy atom. The molecule has 6 nitrogen and oxygen atoms in total. The lowest BCUT2D eigenvalue weighted by atomic mass is 10.0. The molecule has 0 atom stereocenters. The molecule has 1 N–H and O–H groups in total. The predicted octanol–water partition coefficient (Wildman–Crippen LogP) is 2.82. The van der Waals surface area contributed by atoms with Crippen LogP contribution >= 0.6 is 0 Å². The maximum Gasteiger partial charge on any atom is 0.406 e. The molecule has 2 aliphatic rings. The zero-order valence-corrected chi connectivity index (χ0v) is 16.7. The molecule has 0 aliphatic carbocycles. The molecule has 30 heavy (non-hydrogen) atoms. The van der Waals surface area contributed by atoms with Gasteiger partial charge in [-0.05, 0) is 31.0 Å². The molecule has 0 unspecified atom stereocenters. The second kappa shape index (κ2) is 8.74. The van der Waals surface area contributed by atoms with Gasteiger partial charge in [-0.25, -0.2) is 0 Å². The lowest BCUT2D eigenvalue weighted by molar-refractivity contribution is -0.139. The van der Waals surface area contributed by atoms with Crippen molar-refractivity contribution in [3.63, 3.8) is 0 Å². The van der Waals surface area contributed by atoms with E-state index in [-0.39, 0.29) is 19.3 Å². The van der Waals surface area contributed by atoms with Crippen molar-refractivity contribution in [3.05, 3.63) is 30.5 Å². The molecule has 2 aromatic rings. The van der Waals surface area contributed by atoms with E-state index in [1.165, 1.54) is 10.8 Å². The Kier molecular flexibility index (Phi) is 6.24. The van der Waals surface area contributed by atoms with Gasteiger partial charge in [-0.2, -0.15) is 13.2 Å². The van der Waals surface area contributed by atoms with Gasteiger partial charge in [0.05, 0.1) is 31.9 Å². The van der Waals surface area contributed by atoms with Crippen LogP contribution in [0.4, 0.5) is 13.2 Å². The van der Waals surface area contributed by atoms with Crippen molar-refractivity contribution >= 4 is 10.9 Å². The summed E-state index contributed by atoms with van der Waals surface area (Å²) in [6.45, 7) is 2.50. The highest BCUT2D eigenvalue weighted by atomic mass is 19.4. The molecular formula is C21H27F3N2O4. The lowest BCUT2D eigenvalue weighted by Gasteiger charge is -2.37. The summed E-state index contributed by atoms with van der Waals surface area (Å²) in [4.78, 5) is 2.18. The minimum Gasteiger partial charge on any atom is -0.490 e. The number of β-amino-alcohol motifs (C(OH)–C–C–N with tert-alkyl or cyclic N) is 1. The monoisotopic (exact) mass is 428 g/mol. The van der Waals surface area contributed by atoms with Gasteiger partial charge in [-0.1, -0.05) is 6.07 Å². The Balaban J connectivity index is 1.35. The van der Waals surface area contributed by atoms with Crippen molar-refractivity contribution in [2.75, 3.05) is 46.1 Å². The van der Waals surface area contributed by atoms with Gasteiger partial charge < -0.3 is 28.8 Å². The van der Waals surface area contributed by atoms with Crippen molar-refractivity contribution in [2.45, 2.75) is 37.3 Å². The van der Waals surface area contributed by atoms with E-state index in [9.17, 15) is 18.3 Å². The summed E-state index contributed by atoms with van der Waals surface area (Å²) in [5, 5.41) is 11.4. The van der Waals surface area contributed by atoms with Crippen LogP contribution < -0.4 is 4.74 Å². The van der Waals surface area contributed by atoms with Gasteiger partial charge in [0, 0.05) is 31.2 Å². The Hall–Kier alpha value is -1.81. The van der Waals surface area contributed by atoms with Crippen LogP contribution in [-0.2, 0) is 16.0 Å². The molecule has 2 saturated heterocycles. The topological polar surface area (TPSA) is 56.1 Å². The van der Waals surface area contributed by atoms with Crippen molar-refractivity contribution in [3.8, 4) is 5.75 Å². The lowest BCUT2D eigenvalue weighted by Crippen LogP contribution is -2.51. The number of likely N-dealkylation sites (tertiary alicyclic amines) is 1.